The van der Waals surface area contributed by atoms with Gasteiger partial charge in [0.25, 0.3) is 0 Å². The summed E-state index contributed by atoms with van der Waals surface area (Å²) < 4.78 is 0.907. The number of hydrogen-bond donors (Lipinski definition) is 6. The summed E-state index contributed by atoms with van der Waals surface area (Å²) in [4.78, 5) is 18.3. The molecular formula is C22H29N7O3S. The topological polar surface area (TPSA) is 162 Å². The fourth-order valence-electron chi connectivity index (χ4n) is 4.52. The molecule has 3 aromatic heterocycles. The quantitative estimate of drug-likeness (QED) is 0.299. The highest BCUT2D eigenvalue weighted by atomic mass is 32.1. The number of nitrogens with two attached hydrogens (primary N) is 1. The van der Waals surface area contributed by atoms with E-state index in [1.165, 1.54) is 24.2 Å². The monoisotopic (exact) mass is 471 g/mol. The number of nitrogen functional groups attached to an aromatic ring is 1. The van der Waals surface area contributed by atoms with Crippen LogP contribution < -0.4 is 16.4 Å². The van der Waals surface area contributed by atoms with Crippen molar-refractivity contribution in [3.05, 3.63) is 18.0 Å². The predicted octanol–water partition coefficient (Wildman–Crippen LogP) is 1.76. The number of aryl methyl sites for hydroxylation is 1. The first-order chi connectivity index (χ1) is 15.9. The van der Waals surface area contributed by atoms with Crippen LogP contribution in [0.4, 0.5) is 17.6 Å². The molecule has 11 heteroatoms. The number of aliphatic hydroxyl groups is 3. The highest BCUT2D eigenvalue weighted by Gasteiger charge is 2.41. The van der Waals surface area contributed by atoms with Gasteiger partial charge in [-0.25, -0.2) is 15.0 Å². The number of nitrogens with one attached hydrogen (secondary N) is 2. The van der Waals surface area contributed by atoms with Gasteiger partial charge in [-0.05, 0) is 45.1 Å². The van der Waals surface area contributed by atoms with Crippen LogP contribution in [0.1, 0.15) is 31.9 Å². The molecule has 2 aliphatic carbocycles. The normalized spacial score (nSPS) is 26.0. The molecule has 0 bridgehead atoms. The molecule has 0 radical (unpaired) electrons. The van der Waals surface area contributed by atoms with Crippen molar-refractivity contribution in [2.24, 2.45) is 11.8 Å². The second kappa shape index (κ2) is 8.64. The van der Waals surface area contributed by atoms with Gasteiger partial charge in [-0.1, -0.05) is 0 Å². The first kappa shape index (κ1) is 22.2. The Kier molecular flexibility index (Phi) is 5.81. The third kappa shape index (κ3) is 4.21. The number of hydrogen-bond acceptors (Lipinski definition) is 11. The minimum atomic E-state index is -1.03. The average molecular weight is 472 g/mol. The van der Waals surface area contributed by atoms with Gasteiger partial charge in [0.15, 0.2) is 5.82 Å². The number of rotatable bonds is 7. The Hall–Kier alpha value is -2.60. The van der Waals surface area contributed by atoms with Crippen molar-refractivity contribution in [3.63, 3.8) is 0 Å². The van der Waals surface area contributed by atoms with Crippen LogP contribution in [0.3, 0.4) is 0 Å². The molecule has 2 aliphatic rings. The molecule has 7 N–H and O–H groups in total. The average Bonchev–Trinajstić information content (AvgIpc) is 3.49. The van der Waals surface area contributed by atoms with E-state index in [-0.39, 0.29) is 12.6 Å². The maximum Gasteiger partial charge on any atom is 0.225 e. The highest BCUT2D eigenvalue weighted by molar-refractivity contribution is 7.21. The summed E-state index contributed by atoms with van der Waals surface area (Å²) in [6.45, 7) is 3.84. The molecule has 10 nitrogen and oxygen atoms in total. The van der Waals surface area contributed by atoms with Crippen LogP contribution in [-0.2, 0) is 0 Å². The van der Waals surface area contributed by atoms with Crippen molar-refractivity contribution in [2.75, 3.05) is 23.0 Å². The Morgan fingerprint density at radius 2 is 2.00 bits per heavy atom. The number of pyridine rings is 1. The number of aromatic nitrogens is 4. The van der Waals surface area contributed by atoms with Gasteiger partial charge < -0.3 is 31.7 Å². The van der Waals surface area contributed by atoms with Gasteiger partial charge in [0.05, 0.1) is 28.1 Å². The minimum absolute atomic E-state index is 0.193. The van der Waals surface area contributed by atoms with E-state index in [1.807, 2.05) is 13.0 Å². The Labute approximate surface area is 195 Å². The lowest BCUT2D eigenvalue weighted by atomic mass is 10.1. The van der Waals surface area contributed by atoms with Gasteiger partial charge in [-0.3, -0.25) is 0 Å². The summed E-state index contributed by atoms with van der Waals surface area (Å²) in [5.74, 6) is 1.62. The van der Waals surface area contributed by atoms with Gasteiger partial charge in [0.2, 0.25) is 5.95 Å². The van der Waals surface area contributed by atoms with Crippen LogP contribution in [0.25, 0.3) is 20.8 Å². The van der Waals surface area contributed by atoms with E-state index < -0.39 is 24.2 Å². The molecule has 0 saturated heterocycles. The van der Waals surface area contributed by atoms with E-state index in [4.69, 9.17) is 20.7 Å². The molecule has 0 amide bonds. The molecule has 0 aromatic carbocycles. The van der Waals surface area contributed by atoms with Gasteiger partial charge in [0, 0.05) is 24.8 Å². The second-order valence-corrected chi connectivity index (χ2v) is 10.1. The van der Waals surface area contributed by atoms with Crippen molar-refractivity contribution in [3.8, 4) is 10.6 Å². The van der Waals surface area contributed by atoms with Crippen molar-refractivity contribution in [1.82, 2.24) is 19.9 Å². The zero-order chi connectivity index (χ0) is 23.3. The molecular weight excluding hydrogens is 442 g/mol. The lowest BCUT2D eigenvalue weighted by molar-refractivity contribution is 0.00446. The van der Waals surface area contributed by atoms with E-state index in [1.54, 1.807) is 6.20 Å². The highest BCUT2D eigenvalue weighted by Crippen LogP contribution is 2.39. The maximum atomic E-state index is 10.6. The van der Waals surface area contributed by atoms with Crippen molar-refractivity contribution >= 4 is 39.1 Å². The molecule has 5 atom stereocenters. The summed E-state index contributed by atoms with van der Waals surface area (Å²) in [6, 6.07) is 1.65. The van der Waals surface area contributed by atoms with Gasteiger partial charge in [-0.15, -0.1) is 11.3 Å². The van der Waals surface area contributed by atoms with Crippen LogP contribution in [0.15, 0.2) is 12.3 Å². The second-order valence-electron chi connectivity index (χ2n) is 9.10. The van der Waals surface area contributed by atoms with E-state index in [2.05, 4.69) is 22.5 Å². The summed E-state index contributed by atoms with van der Waals surface area (Å²) in [5, 5.41) is 37.8. The molecule has 176 valence electrons. The third-order valence-electron chi connectivity index (χ3n) is 6.68. The largest absolute Gasteiger partial charge is 0.396 e. The first-order valence-electron chi connectivity index (χ1n) is 11.3. The third-order valence-corrected chi connectivity index (χ3v) is 7.72. The van der Waals surface area contributed by atoms with Gasteiger partial charge in [-0.2, -0.15) is 4.98 Å². The molecule has 3 heterocycles. The fraction of sp³-hybridized carbons (Fsp3) is 0.545. The molecule has 0 aliphatic heterocycles. The number of thiazole rings is 1. The maximum absolute atomic E-state index is 10.6. The zero-order valence-electron chi connectivity index (χ0n) is 18.6. The van der Waals surface area contributed by atoms with Crippen LogP contribution in [0, 0.1) is 18.8 Å². The Morgan fingerprint density at radius 1 is 1.21 bits per heavy atom. The molecule has 5 rings (SSSR count). The predicted molar refractivity (Wildman–Crippen MR) is 128 cm³/mol. The summed E-state index contributed by atoms with van der Waals surface area (Å²) in [7, 11) is 0. The smallest absolute Gasteiger partial charge is 0.225 e. The van der Waals surface area contributed by atoms with Crippen molar-refractivity contribution in [1.29, 1.82) is 0 Å². The van der Waals surface area contributed by atoms with Crippen LogP contribution in [0.2, 0.25) is 0 Å². The summed E-state index contributed by atoms with van der Waals surface area (Å²) in [5.41, 5.74) is 8.10. The Morgan fingerprint density at radius 3 is 2.67 bits per heavy atom. The van der Waals surface area contributed by atoms with E-state index in [9.17, 15) is 15.3 Å². The zero-order valence-corrected chi connectivity index (χ0v) is 19.4. The Balaban J connectivity index is 1.55. The van der Waals surface area contributed by atoms with Crippen LogP contribution in [-0.4, -0.2) is 66.2 Å². The number of fused-ring (bicyclic) bond motifs is 1. The molecule has 2 saturated carbocycles. The molecule has 0 unspecified atom stereocenters. The lowest BCUT2D eigenvalue weighted by Gasteiger charge is -2.22. The minimum Gasteiger partial charge on any atom is -0.396 e. The SMILES string of the molecule is Cc1nc(N[C@H](C)C2CC2)nc(N[C@@H]2C[C@H](CO)[C@@H](O)[C@H]2O)c1-c1nc2c(N)nccc2s1. The standard InChI is InChI=1S/C22H29N7O3S/c1-9(11-3-4-11)25-22-26-10(2)15(21-28-16-14(33-21)5-6-24-19(16)23)20(29-22)27-13-7-12(8-30)17(31)18(13)32/h5-6,9,11-13,17-18,30-32H,3-4,7-8H2,1-2H3,(H2,23,24)(H2,25,26,27,29)/t9-,12-,13-,17-,18+/m1/s1. The van der Waals surface area contributed by atoms with Crippen molar-refractivity contribution < 1.29 is 15.3 Å². The Bertz CT molecular complexity index is 1170. The van der Waals surface area contributed by atoms with Crippen LogP contribution >= 0.6 is 11.3 Å². The number of aliphatic hydroxyl groups excluding tert-OH is 3. The first-order valence-corrected chi connectivity index (χ1v) is 12.1. The molecule has 33 heavy (non-hydrogen) atoms. The molecule has 2 fully saturated rings. The summed E-state index contributed by atoms with van der Waals surface area (Å²) in [6.07, 6.45) is 2.44. The lowest BCUT2D eigenvalue weighted by Crippen LogP contribution is -2.36. The molecule has 3 aromatic rings. The van der Waals surface area contributed by atoms with E-state index >= 15 is 0 Å². The van der Waals surface area contributed by atoms with Crippen molar-refractivity contribution in [2.45, 2.75) is 57.4 Å². The summed E-state index contributed by atoms with van der Waals surface area (Å²) >= 11 is 1.47. The van der Waals surface area contributed by atoms with Crippen LogP contribution in [0.5, 0.6) is 0 Å². The number of anilines is 3. The fourth-order valence-corrected chi connectivity index (χ4v) is 5.59. The van der Waals surface area contributed by atoms with Gasteiger partial charge in [0.1, 0.15) is 22.4 Å². The molecule has 0 spiro atoms. The number of nitrogens with zero attached hydrogens (tertiary/aromatic N) is 4. The van der Waals surface area contributed by atoms with E-state index in [0.717, 1.165) is 16.0 Å². The van der Waals surface area contributed by atoms with Gasteiger partial charge >= 0.3 is 0 Å². The van der Waals surface area contributed by atoms with E-state index in [0.29, 0.717) is 40.4 Å².